The van der Waals surface area contributed by atoms with Gasteiger partial charge >= 0.3 is 5.97 Å². The largest absolute Gasteiger partial charge is 0.467 e. The molecule has 37 heavy (non-hydrogen) atoms. The number of pyridine rings is 1. The maximum Gasteiger partial charge on any atom is 0.356 e. The predicted octanol–water partition coefficient (Wildman–Crippen LogP) is 5.64. The standard InChI is InChI=1S/C29H26N4O4/c1-19-8-6-9-20(14-19)16-30-22-15-24-25(32-28(34)21-10-4-3-5-11-21)26(29(35)36-2)33(27(24)31-17-22)18-23-12-7-13-37-23/h3-15,17,30H,16,18H2,1-2H3,(H,32,34). The Balaban J connectivity index is 1.60. The van der Waals surface area contributed by atoms with Crippen molar-refractivity contribution in [3.05, 3.63) is 113 Å². The number of ether oxygens (including phenoxy) is 1. The molecule has 8 nitrogen and oxygen atoms in total. The number of methoxy groups -OCH3 is 1. The van der Waals surface area contributed by atoms with Crippen molar-refractivity contribution in [1.29, 1.82) is 0 Å². The second kappa shape index (κ2) is 10.4. The van der Waals surface area contributed by atoms with Gasteiger partial charge in [0.05, 0.1) is 37.5 Å². The van der Waals surface area contributed by atoms with E-state index in [1.165, 1.54) is 12.7 Å². The second-order valence-corrected chi connectivity index (χ2v) is 8.64. The van der Waals surface area contributed by atoms with E-state index in [0.717, 1.165) is 11.3 Å². The molecular weight excluding hydrogens is 468 g/mol. The Kier molecular flexibility index (Phi) is 6.72. The molecule has 5 rings (SSSR count). The van der Waals surface area contributed by atoms with E-state index in [4.69, 9.17) is 9.15 Å². The number of rotatable bonds is 8. The summed E-state index contributed by atoms with van der Waals surface area (Å²) in [4.78, 5) is 30.8. The van der Waals surface area contributed by atoms with Gasteiger partial charge in [0.15, 0.2) is 5.69 Å². The number of furan rings is 1. The molecule has 0 aliphatic carbocycles. The zero-order valence-electron chi connectivity index (χ0n) is 20.5. The smallest absolute Gasteiger partial charge is 0.356 e. The van der Waals surface area contributed by atoms with Gasteiger partial charge in [-0.2, -0.15) is 0 Å². The van der Waals surface area contributed by atoms with Crippen LogP contribution in [-0.2, 0) is 17.8 Å². The van der Waals surface area contributed by atoms with Gasteiger partial charge in [-0.05, 0) is 42.8 Å². The van der Waals surface area contributed by atoms with E-state index in [2.05, 4.69) is 34.7 Å². The van der Waals surface area contributed by atoms with Crippen LogP contribution in [0.5, 0.6) is 0 Å². The highest BCUT2D eigenvalue weighted by Crippen LogP contribution is 2.34. The molecule has 0 atom stereocenters. The number of carbonyl (C=O) groups is 2. The average molecular weight is 495 g/mol. The zero-order valence-corrected chi connectivity index (χ0v) is 20.5. The first kappa shape index (κ1) is 23.9. The van der Waals surface area contributed by atoms with Crippen LogP contribution in [0.2, 0.25) is 0 Å². The van der Waals surface area contributed by atoms with E-state index >= 15 is 0 Å². The molecule has 186 valence electrons. The number of amides is 1. The van der Waals surface area contributed by atoms with Crippen LogP contribution in [0.4, 0.5) is 11.4 Å². The third-order valence-electron chi connectivity index (χ3n) is 6.02. The SMILES string of the molecule is COC(=O)c1c(NC(=O)c2ccccc2)c2cc(NCc3cccc(C)c3)cnc2n1Cc1ccco1. The Hall–Kier alpha value is -4.85. The van der Waals surface area contributed by atoms with Crippen molar-refractivity contribution in [2.45, 2.75) is 20.0 Å². The van der Waals surface area contributed by atoms with Gasteiger partial charge in [-0.15, -0.1) is 0 Å². The van der Waals surface area contributed by atoms with Gasteiger partial charge in [0, 0.05) is 17.5 Å². The van der Waals surface area contributed by atoms with Crippen LogP contribution in [0, 0.1) is 6.92 Å². The summed E-state index contributed by atoms with van der Waals surface area (Å²) in [6.07, 6.45) is 3.28. The summed E-state index contributed by atoms with van der Waals surface area (Å²) in [6.45, 7) is 2.88. The Bertz CT molecular complexity index is 1560. The highest BCUT2D eigenvalue weighted by atomic mass is 16.5. The molecule has 2 N–H and O–H groups in total. The van der Waals surface area contributed by atoms with Crippen molar-refractivity contribution in [1.82, 2.24) is 9.55 Å². The first-order chi connectivity index (χ1) is 18.0. The summed E-state index contributed by atoms with van der Waals surface area (Å²) in [5.41, 5.74) is 4.54. The van der Waals surface area contributed by atoms with Gasteiger partial charge in [0.1, 0.15) is 11.4 Å². The summed E-state index contributed by atoms with van der Waals surface area (Å²) < 4.78 is 12.3. The van der Waals surface area contributed by atoms with Crippen LogP contribution in [0.25, 0.3) is 11.0 Å². The number of hydrogen-bond donors (Lipinski definition) is 2. The molecule has 1 amide bonds. The quantitative estimate of drug-likeness (QED) is 0.271. The Labute approximate surface area is 213 Å². The predicted molar refractivity (Wildman–Crippen MR) is 142 cm³/mol. The summed E-state index contributed by atoms with van der Waals surface area (Å²) >= 11 is 0. The number of fused-ring (bicyclic) bond motifs is 1. The summed E-state index contributed by atoms with van der Waals surface area (Å²) in [7, 11) is 1.31. The van der Waals surface area contributed by atoms with Crippen LogP contribution < -0.4 is 10.6 Å². The van der Waals surface area contributed by atoms with E-state index < -0.39 is 5.97 Å². The van der Waals surface area contributed by atoms with Crippen LogP contribution >= 0.6 is 0 Å². The molecule has 5 aromatic rings. The first-order valence-electron chi connectivity index (χ1n) is 11.8. The summed E-state index contributed by atoms with van der Waals surface area (Å²) in [5.74, 6) is -0.311. The molecule has 8 heteroatoms. The topological polar surface area (TPSA) is 98.4 Å². The van der Waals surface area contributed by atoms with Crippen molar-refractivity contribution in [3.63, 3.8) is 0 Å². The molecule has 0 aliphatic rings. The van der Waals surface area contributed by atoms with E-state index in [9.17, 15) is 9.59 Å². The first-order valence-corrected chi connectivity index (χ1v) is 11.8. The van der Waals surface area contributed by atoms with Gasteiger partial charge in [-0.1, -0.05) is 48.0 Å². The number of aromatic nitrogens is 2. The van der Waals surface area contributed by atoms with Crippen molar-refractivity contribution in [2.75, 3.05) is 17.7 Å². The Morgan fingerprint density at radius 1 is 1.03 bits per heavy atom. The van der Waals surface area contributed by atoms with Crippen molar-refractivity contribution < 1.29 is 18.7 Å². The number of esters is 1. The monoisotopic (exact) mass is 494 g/mol. The van der Waals surface area contributed by atoms with Gasteiger partial charge in [-0.25, -0.2) is 9.78 Å². The fraction of sp³-hybridized carbons (Fsp3) is 0.138. The number of hydrogen-bond acceptors (Lipinski definition) is 6. The normalized spacial score (nSPS) is 10.9. The maximum absolute atomic E-state index is 13.1. The number of benzene rings is 2. The van der Waals surface area contributed by atoms with Crippen molar-refractivity contribution >= 4 is 34.3 Å². The lowest BCUT2D eigenvalue weighted by Crippen LogP contribution is -2.17. The molecule has 0 fully saturated rings. The highest BCUT2D eigenvalue weighted by molar-refractivity contribution is 6.14. The second-order valence-electron chi connectivity index (χ2n) is 8.64. The van der Waals surface area contributed by atoms with Gasteiger partial charge in [0.25, 0.3) is 5.91 Å². The molecule has 0 spiro atoms. The molecule has 3 aromatic heterocycles. The highest BCUT2D eigenvalue weighted by Gasteiger charge is 2.27. The van der Waals surface area contributed by atoms with E-state index in [-0.39, 0.29) is 18.1 Å². The fourth-order valence-corrected chi connectivity index (χ4v) is 4.27. The molecule has 0 saturated carbocycles. The van der Waals surface area contributed by atoms with E-state index in [1.807, 2.05) is 30.3 Å². The van der Waals surface area contributed by atoms with Crippen LogP contribution in [0.3, 0.4) is 0 Å². The number of carbonyl (C=O) groups excluding carboxylic acids is 2. The molecule has 2 aromatic carbocycles. The minimum Gasteiger partial charge on any atom is -0.467 e. The fourth-order valence-electron chi connectivity index (χ4n) is 4.27. The molecular formula is C29H26N4O4. The minimum absolute atomic E-state index is 0.182. The minimum atomic E-state index is -0.595. The van der Waals surface area contributed by atoms with Gasteiger partial charge in [0.2, 0.25) is 0 Å². The molecule has 3 heterocycles. The average Bonchev–Trinajstić information content (AvgIpc) is 3.54. The summed E-state index contributed by atoms with van der Waals surface area (Å²) in [5, 5.41) is 6.93. The summed E-state index contributed by atoms with van der Waals surface area (Å²) in [6, 6.07) is 22.5. The number of aryl methyl sites for hydroxylation is 1. The lowest BCUT2D eigenvalue weighted by Gasteiger charge is -2.10. The zero-order chi connectivity index (χ0) is 25.8. The number of nitrogens with one attached hydrogen (secondary N) is 2. The third-order valence-corrected chi connectivity index (χ3v) is 6.02. The van der Waals surface area contributed by atoms with E-state index in [1.54, 1.807) is 47.4 Å². The van der Waals surface area contributed by atoms with Gasteiger partial charge < -0.3 is 24.4 Å². The molecule has 0 radical (unpaired) electrons. The Morgan fingerprint density at radius 2 is 1.86 bits per heavy atom. The molecule has 0 bridgehead atoms. The van der Waals surface area contributed by atoms with Gasteiger partial charge in [-0.3, -0.25) is 4.79 Å². The van der Waals surface area contributed by atoms with Crippen LogP contribution in [0.1, 0.15) is 37.7 Å². The number of anilines is 2. The lowest BCUT2D eigenvalue weighted by atomic mass is 10.1. The molecule has 0 unspecified atom stereocenters. The Morgan fingerprint density at radius 3 is 2.59 bits per heavy atom. The van der Waals surface area contributed by atoms with Crippen LogP contribution in [0.15, 0.2) is 89.7 Å². The van der Waals surface area contributed by atoms with Crippen molar-refractivity contribution in [2.24, 2.45) is 0 Å². The van der Waals surface area contributed by atoms with Crippen molar-refractivity contribution in [3.8, 4) is 0 Å². The maximum atomic E-state index is 13.1. The molecule has 0 saturated heterocycles. The van der Waals surface area contributed by atoms with E-state index in [0.29, 0.717) is 34.6 Å². The van der Waals surface area contributed by atoms with Crippen LogP contribution in [-0.4, -0.2) is 28.5 Å². The third kappa shape index (κ3) is 5.08. The lowest BCUT2D eigenvalue weighted by molar-refractivity contribution is 0.0590. The molecule has 0 aliphatic heterocycles. The number of nitrogens with zero attached hydrogens (tertiary/aromatic N) is 2.